The number of furan rings is 1. The second-order valence-electron chi connectivity index (χ2n) is 7.45. The van der Waals surface area contributed by atoms with Crippen molar-refractivity contribution in [3.05, 3.63) is 53.5 Å². The van der Waals surface area contributed by atoms with E-state index in [0.717, 1.165) is 49.5 Å². The average Bonchev–Trinajstić information content (AvgIpc) is 3.19. The summed E-state index contributed by atoms with van der Waals surface area (Å²) in [5.41, 5.74) is 1.04. The molecule has 2 aliphatic rings. The Kier molecular flexibility index (Phi) is 5.48. The van der Waals surface area contributed by atoms with E-state index in [0.29, 0.717) is 25.0 Å². The lowest BCUT2D eigenvalue weighted by Gasteiger charge is -2.23. The fourth-order valence-electron chi connectivity index (χ4n) is 3.75. The van der Waals surface area contributed by atoms with Crippen LogP contribution in [0.5, 0.6) is 5.75 Å². The van der Waals surface area contributed by atoms with Gasteiger partial charge in [-0.25, -0.2) is 0 Å². The average molecular weight is 368 g/mol. The molecule has 5 heteroatoms. The van der Waals surface area contributed by atoms with Gasteiger partial charge in [0.2, 0.25) is 0 Å². The summed E-state index contributed by atoms with van der Waals surface area (Å²) < 4.78 is 11.7. The van der Waals surface area contributed by atoms with Gasteiger partial charge in [-0.05, 0) is 63.9 Å². The number of benzene rings is 1. The Morgan fingerprint density at radius 1 is 1.19 bits per heavy atom. The number of amides is 1. The molecule has 2 heterocycles. The molecule has 1 saturated carbocycles. The third kappa shape index (κ3) is 4.35. The zero-order valence-corrected chi connectivity index (χ0v) is 16.0. The van der Waals surface area contributed by atoms with Crippen molar-refractivity contribution in [1.82, 2.24) is 9.80 Å². The van der Waals surface area contributed by atoms with Crippen molar-refractivity contribution < 1.29 is 13.9 Å². The van der Waals surface area contributed by atoms with Crippen molar-refractivity contribution in [2.45, 2.75) is 51.7 Å². The van der Waals surface area contributed by atoms with Gasteiger partial charge in [0.25, 0.3) is 5.91 Å². The van der Waals surface area contributed by atoms with Crippen LogP contribution < -0.4 is 4.74 Å². The molecular formula is C22H28N2O3. The molecule has 27 heavy (non-hydrogen) atoms. The Morgan fingerprint density at radius 2 is 1.96 bits per heavy atom. The monoisotopic (exact) mass is 368 g/mol. The minimum Gasteiger partial charge on any atom is -0.494 e. The molecule has 0 atom stereocenters. The molecule has 1 aliphatic carbocycles. The summed E-state index contributed by atoms with van der Waals surface area (Å²) >= 11 is 0. The van der Waals surface area contributed by atoms with Crippen LogP contribution in [0, 0.1) is 0 Å². The first-order valence-corrected chi connectivity index (χ1v) is 10.1. The normalized spacial score (nSPS) is 17.2. The SMILES string of the molecule is CCOc1ccccc1CN(C(=O)c1ccc(CN2CCCC2)o1)C1CC1. The van der Waals surface area contributed by atoms with Gasteiger partial charge in [0.1, 0.15) is 11.5 Å². The molecule has 2 fully saturated rings. The molecule has 144 valence electrons. The van der Waals surface area contributed by atoms with Gasteiger partial charge in [-0.1, -0.05) is 18.2 Å². The Hall–Kier alpha value is -2.27. The highest BCUT2D eigenvalue weighted by molar-refractivity contribution is 5.92. The van der Waals surface area contributed by atoms with Crippen LogP contribution in [-0.2, 0) is 13.1 Å². The van der Waals surface area contributed by atoms with Crippen molar-refractivity contribution in [3.8, 4) is 5.75 Å². The summed E-state index contributed by atoms with van der Waals surface area (Å²) in [6.45, 7) is 6.18. The molecule has 0 spiro atoms. The van der Waals surface area contributed by atoms with Crippen LogP contribution in [0.3, 0.4) is 0 Å². The van der Waals surface area contributed by atoms with Crippen LogP contribution in [0.4, 0.5) is 0 Å². The minimum atomic E-state index is -0.0172. The van der Waals surface area contributed by atoms with Gasteiger partial charge in [0, 0.05) is 11.6 Å². The summed E-state index contributed by atoms with van der Waals surface area (Å²) in [5.74, 6) is 2.17. The molecule has 0 unspecified atom stereocenters. The predicted molar refractivity (Wildman–Crippen MR) is 104 cm³/mol. The highest BCUT2D eigenvalue weighted by Crippen LogP contribution is 2.32. The van der Waals surface area contributed by atoms with Gasteiger partial charge in [-0.2, -0.15) is 0 Å². The van der Waals surface area contributed by atoms with Crippen LogP contribution >= 0.6 is 0 Å². The number of likely N-dealkylation sites (tertiary alicyclic amines) is 1. The molecule has 0 bridgehead atoms. The van der Waals surface area contributed by atoms with E-state index in [-0.39, 0.29) is 5.91 Å². The number of nitrogens with zero attached hydrogens (tertiary/aromatic N) is 2. The standard InChI is InChI=1S/C22H28N2O3/c1-2-26-20-8-4-3-7-17(20)15-24(18-9-10-18)22(25)21-12-11-19(27-21)16-23-13-5-6-14-23/h3-4,7-8,11-12,18H,2,5-6,9-10,13-16H2,1H3. The first-order valence-electron chi connectivity index (χ1n) is 10.1. The molecule has 4 rings (SSSR count). The maximum Gasteiger partial charge on any atom is 0.290 e. The van der Waals surface area contributed by atoms with Crippen molar-refractivity contribution >= 4 is 5.91 Å². The van der Waals surface area contributed by atoms with Crippen LogP contribution in [0.25, 0.3) is 0 Å². The molecule has 1 aromatic carbocycles. The van der Waals surface area contributed by atoms with Gasteiger partial charge < -0.3 is 14.1 Å². The smallest absolute Gasteiger partial charge is 0.290 e. The number of rotatable bonds is 8. The zero-order valence-electron chi connectivity index (χ0n) is 16.0. The molecule has 1 saturated heterocycles. The highest BCUT2D eigenvalue weighted by Gasteiger charge is 2.35. The minimum absolute atomic E-state index is 0.0172. The van der Waals surface area contributed by atoms with E-state index in [1.807, 2.05) is 48.2 Å². The van der Waals surface area contributed by atoms with Gasteiger partial charge in [-0.3, -0.25) is 9.69 Å². The van der Waals surface area contributed by atoms with E-state index >= 15 is 0 Å². The molecule has 1 aromatic heterocycles. The van der Waals surface area contributed by atoms with Gasteiger partial charge in [0.15, 0.2) is 5.76 Å². The second-order valence-corrected chi connectivity index (χ2v) is 7.45. The van der Waals surface area contributed by atoms with Gasteiger partial charge in [-0.15, -0.1) is 0 Å². The molecule has 1 amide bonds. The Labute approximate surface area is 160 Å². The summed E-state index contributed by atoms with van der Waals surface area (Å²) in [6, 6.07) is 12.1. The van der Waals surface area contributed by atoms with Crippen LogP contribution in [0.2, 0.25) is 0 Å². The van der Waals surface area contributed by atoms with Crippen LogP contribution in [0.15, 0.2) is 40.8 Å². The first kappa shape index (κ1) is 18.1. The third-order valence-electron chi connectivity index (χ3n) is 5.31. The maximum absolute atomic E-state index is 13.1. The number of ether oxygens (including phenoxy) is 1. The Morgan fingerprint density at radius 3 is 2.70 bits per heavy atom. The highest BCUT2D eigenvalue weighted by atomic mass is 16.5. The molecule has 0 radical (unpaired) electrons. The lowest BCUT2D eigenvalue weighted by atomic mass is 10.1. The maximum atomic E-state index is 13.1. The fraction of sp³-hybridized carbons (Fsp3) is 0.500. The van der Waals surface area contributed by atoms with E-state index in [1.165, 1.54) is 12.8 Å². The summed E-state index contributed by atoms with van der Waals surface area (Å²) in [7, 11) is 0. The molecular weight excluding hydrogens is 340 g/mol. The van der Waals surface area contributed by atoms with Crippen molar-refractivity contribution in [2.24, 2.45) is 0 Å². The lowest BCUT2D eigenvalue weighted by Crippen LogP contribution is -2.32. The number of hydrogen-bond acceptors (Lipinski definition) is 4. The quantitative estimate of drug-likeness (QED) is 0.704. The lowest BCUT2D eigenvalue weighted by molar-refractivity contribution is 0.0692. The van der Waals surface area contributed by atoms with Gasteiger partial charge in [0.05, 0.1) is 19.7 Å². The zero-order chi connectivity index (χ0) is 18.6. The molecule has 1 aliphatic heterocycles. The molecule has 2 aromatic rings. The van der Waals surface area contributed by atoms with E-state index < -0.39 is 0 Å². The predicted octanol–water partition coefficient (Wildman–Crippen LogP) is 4.08. The van der Waals surface area contributed by atoms with E-state index in [2.05, 4.69) is 4.90 Å². The number of hydrogen-bond donors (Lipinski definition) is 0. The number of para-hydroxylation sites is 1. The summed E-state index contributed by atoms with van der Waals surface area (Å²) in [4.78, 5) is 17.4. The third-order valence-corrected chi connectivity index (χ3v) is 5.31. The topological polar surface area (TPSA) is 45.9 Å². The second kappa shape index (κ2) is 8.17. The largest absolute Gasteiger partial charge is 0.494 e. The number of carbonyl (C=O) groups is 1. The molecule has 5 nitrogen and oxygen atoms in total. The summed E-state index contributed by atoms with van der Waals surface area (Å²) in [6.07, 6.45) is 4.62. The van der Waals surface area contributed by atoms with Gasteiger partial charge >= 0.3 is 0 Å². The van der Waals surface area contributed by atoms with E-state index in [1.54, 1.807) is 0 Å². The van der Waals surface area contributed by atoms with E-state index in [4.69, 9.17) is 9.15 Å². The fourth-order valence-corrected chi connectivity index (χ4v) is 3.75. The first-order chi connectivity index (χ1) is 13.2. The molecule has 0 N–H and O–H groups in total. The number of carbonyl (C=O) groups excluding carboxylic acids is 1. The summed E-state index contributed by atoms with van der Waals surface area (Å²) in [5, 5.41) is 0. The van der Waals surface area contributed by atoms with Crippen molar-refractivity contribution in [2.75, 3.05) is 19.7 Å². The van der Waals surface area contributed by atoms with Crippen LogP contribution in [-0.4, -0.2) is 41.4 Å². The van der Waals surface area contributed by atoms with E-state index in [9.17, 15) is 4.79 Å². The Balaban J connectivity index is 1.47. The Bertz CT molecular complexity index is 775. The van der Waals surface area contributed by atoms with Crippen molar-refractivity contribution in [3.63, 3.8) is 0 Å². The van der Waals surface area contributed by atoms with Crippen molar-refractivity contribution in [1.29, 1.82) is 0 Å². The van der Waals surface area contributed by atoms with Crippen LogP contribution in [0.1, 0.15) is 54.5 Å².